The van der Waals surface area contributed by atoms with E-state index in [0.29, 0.717) is 12.5 Å². The smallest absolute Gasteiger partial charge is 0.266 e. The first kappa shape index (κ1) is 14.4. The molecule has 1 aliphatic carbocycles. The van der Waals surface area contributed by atoms with E-state index in [1.807, 2.05) is 19.1 Å². The van der Waals surface area contributed by atoms with Gasteiger partial charge in [0.05, 0.1) is 18.3 Å². The Bertz CT molecular complexity index is 768. The summed E-state index contributed by atoms with van der Waals surface area (Å²) in [5.74, 6) is 1.51. The molecular formula is C17H21N5O. The minimum atomic E-state index is -0.0138. The van der Waals surface area contributed by atoms with Gasteiger partial charge in [-0.3, -0.25) is 4.79 Å². The van der Waals surface area contributed by atoms with Crippen molar-refractivity contribution >= 4 is 5.82 Å². The van der Waals surface area contributed by atoms with E-state index in [0.717, 1.165) is 36.6 Å². The molecule has 0 bridgehead atoms. The van der Waals surface area contributed by atoms with E-state index < -0.39 is 0 Å². The fourth-order valence-corrected chi connectivity index (χ4v) is 3.32. The summed E-state index contributed by atoms with van der Waals surface area (Å²) in [6.45, 7) is 3.57. The SMILES string of the molecule is Cc1cc(N2CCCC2Cn2nc(C3CC3)ccc2=O)ncn1. The highest BCUT2D eigenvalue weighted by Crippen LogP contribution is 2.38. The summed E-state index contributed by atoms with van der Waals surface area (Å²) in [5.41, 5.74) is 2.01. The van der Waals surface area contributed by atoms with Crippen molar-refractivity contribution in [2.24, 2.45) is 0 Å². The second kappa shape index (κ2) is 5.76. The average Bonchev–Trinajstić information content (AvgIpc) is 3.29. The van der Waals surface area contributed by atoms with Crippen molar-refractivity contribution in [1.29, 1.82) is 0 Å². The molecule has 0 spiro atoms. The van der Waals surface area contributed by atoms with Gasteiger partial charge in [-0.15, -0.1) is 0 Å². The lowest BCUT2D eigenvalue weighted by atomic mass is 10.2. The van der Waals surface area contributed by atoms with E-state index in [-0.39, 0.29) is 11.6 Å². The largest absolute Gasteiger partial charge is 0.352 e. The van der Waals surface area contributed by atoms with E-state index in [4.69, 9.17) is 0 Å². The van der Waals surface area contributed by atoms with Gasteiger partial charge in [-0.2, -0.15) is 5.10 Å². The van der Waals surface area contributed by atoms with Gasteiger partial charge in [0.25, 0.3) is 5.56 Å². The monoisotopic (exact) mass is 311 g/mol. The molecule has 6 nitrogen and oxygen atoms in total. The maximum absolute atomic E-state index is 12.2. The van der Waals surface area contributed by atoms with Crippen LogP contribution in [-0.2, 0) is 6.54 Å². The summed E-state index contributed by atoms with van der Waals surface area (Å²) in [6.07, 6.45) is 6.18. The molecule has 120 valence electrons. The van der Waals surface area contributed by atoms with E-state index in [2.05, 4.69) is 20.0 Å². The number of hydrogen-bond donors (Lipinski definition) is 0. The van der Waals surface area contributed by atoms with Gasteiger partial charge in [-0.25, -0.2) is 14.6 Å². The second-order valence-electron chi connectivity index (χ2n) is 6.56. The Hall–Kier alpha value is -2.24. The van der Waals surface area contributed by atoms with Crippen LogP contribution in [0.3, 0.4) is 0 Å². The predicted molar refractivity (Wildman–Crippen MR) is 87.6 cm³/mol. The van der Waals surface area contributed by atoms with Crippen LogP contribution >= 0.6 is 0 Å². The Labute approximate surface area is 135 Å². The molecule has 6 heteroatoms. The summed E-state index contributed by atoms with van der Waals surface area (Å²) >= 11 is 0. The topological polar surface area (TPSA) is 63.9 Å². The highest BCUT2D eigenvalue weighted by Gasteiger charge is 2.28. The van der Waals surface area contributed by atoms with E-state index in [1.165, 1.54) is 12.8 Å². The molecule has 3 heterocycles. The molecule has 2 fully saturated rings. The second-order valence-corrected chi connectivity index (χ2v) is 6.56. The molecule has 4 rings (SSSR count). The zero-order chi connectivity index (χ0) is 15.8. The summed E-state index contributed by atoms with van der Waals surface area (Å²) in [7, 11) is 0. The Morgan fingerprint density at radius 2 is 2.09 bits per heavy atom. The van der Waals surface area contributed by atoms with Crippen LogP contribution in [0.5, 0.6) is 0 Å². The number of nitrogens with zero attached hydrogens (tertiary/aromatic N) is 5. The maximum atomic E-state index is 12.2. The Morgan fingerprint density at radius 1 is 1.22 bits per heavy atom. The van der Waals surface area contributed by atoms with E-state index in [9.17, 15) is 4.79 Å². The normalized spacial score (nSPS) is 20.9. The van der Waals surface area contributed by atoms with Gasteiger partial charge in [-0.1, -0.05) is 0 Å². The summed E-state index contributed by atoms with van der Waals surface area (Å²) in [6, 6.07) is 5.82. The maximum Gasteiger partial charge on any atom is 0.266 e. The molecule has 1 saturated carbocycles. The molecule has 1 unspecified atom stereocenters. The third kappa shape index (κ3) is 2.98. The molecule has 1 saturated heterocycles. The number of anilines is 1. The fourth-order valence-electron chi connectivity index (χ4n) is 3.32. The number of aryl methyl sites for hydroxylation is 1. The van der Waals surface area contributed by atoms with Crippen LogP contribution in [0.4, 0.5) is 5.82 Å². The van der Waals surface area contributed by atoms with Crippen molar-refractivity contribution in [2.45, 2.75) is 51.1 Å². The van der Waals surface area contributed by atoms with Crippen molar-refractivity contribution in [3.8, 4) is 0 Å². The lowest BCUT2D eigenvalue weighted by Crippen LogP contribution is -2.37. The molecule has 0 aromatic carbocycles. The molecule has 23 heavy (non-hydrogen) atoms. The molecule has 2 aromatic rings. The molecule has 0 N–H and O–H groups in total. The summed E-state index contributed by atoms with van der Waals surface area (Å²) in [4.78, 5) is 23.0. The first-order valence-corrected chi connectivity index (χ1v) is 8.34. The van der Waals surface area contributed by atoms with Gasteiger partial charge in [0.1, 0.15) is 12.1 Å². The Kier molecular flexibility index (Phi) is 3.59. The minimum absolute atomic E-state index is 0.0138. The van der Waals surface area contributed by atoms with Crippen molar-refractivity contribution in [3.05, 3.63) is 46.3 Å². The molecule has 2 aromatic heterocycles. The van der Waals surface area contributed by atoms with Crippen LogP contribution < -0.4 is 10.5 Å². The molecule has 0 radical (unpaired) electrons. The molecular weight excluding hydrogens is 290 g/mol. The van der Waals surface area contributed by atoms with Crippen molar-refractivity contribution in [3.63, 3.8) is 0 Å². The predicted octanol–water partition coefficient (Wildman–Crippen LogP) is 1.89. The van der Waals surface area contributed by atoms with Gasteiger partial charge >= 0.3 is 0 Å². The van der Waals surface area contributed by atoms with Crippen molar-refractivity contribution < 1.29 is 0 Å². The van der Waals surface area contributed by atoms with Crippen LogP contribution in [0.2, 0.25) is 0 Å². The number of aromatic nitrogens is 4. The average molecular weight is 311 g/mol. The zero-order valence-electron chi connectivity index (χ0n) is 13.4. The van der Waals surface area contributed by atoms with Gasteiger partial charge in [0.15, 0.2) is 0 Å². The highest BCUT2D eigenvalue weighted by molar-refractivity contribution is 5.41. The molecule has 2 aliphatic rings. The van der Waals surface area contributed by atoms with Gasteiger partial charge < -0.3 is 4.90 Å². The Balaban J connectivity index is 1.58. The van der Waals surface area contributed by atoms with Crippen LogP contribution in [0.1, 0.15) is 43.0 Å². The third-order valence-electron chi connectivity index (χ3n) is 4.73. The highest BCUT2D eigenvalue weighted by atomic mass is 16.1. The first-order valence-electron chi connectivity index (χ1n) is 8.34. The van der Waals surface area contributed by atoms with Crippen LogP contribution in [0.15, 0.2) is 29.3 Å². The zero-order valence-corrected chi connectivity index (χ0v) is 13.4. The lowest BCUT2D eigenvalue weighted by molar-refractivity contribution is 0.480. The van der Waals surface area contributed by atoms with Crippen LogP contribution in [0.25, 0.3) is 0 Å². The summed E-state index contributed by atoms with van der Waals surface area (Å²) in [5, 5.41) is 4.59. The van der Waals surface area contributed by atoms with Crippen molar-refractivity contribution in [1.82, 2.24) is 19.7 Å². The van der Waals surface area contributed by atoms with E-state index >= 15 is 0 Å². The van der Waals surface area contributed by atoms with Crippen LogP contribution in [0, 0.1) is 6.92 Å². The molecule has 0 amide bonds. The van der Waals surface area contributed by atoms with Gasteiger partial charge in [0.2, 0.25) is 0 Å². The number of hydrogen-bond acceptors (Lipinski definition) is 5. The lowest BCUT2D eigenvalue weighted by Gasteiger charge is -2.26. The molecule has 1 aliphatic heterocycles. The quantitative estimate of drug-likeness (QED) is 0.863. The number of rotatable bonds is 4. The van der Waals surface area contributed by atoms with Crippen LogP contribution in [-0.4, -0.2) is 32.3 Å². The Morgan fingerprint density at radius 3 is 2.87 bits per heavy atom. The van der Waals surface area contributed by atoms with Gasteiger partial charge in [0, 0.05) is 30.3 Å². The molecule has 1 atom stereocenters. The third-order valence-corrected chi connectivity index (χ3v) is 4.73. The summed E-state index contributed by atoms with van der Waals surface area (Å²) < 4.78 is 1.64. The van der Waals surface area contributed by atoms with Gasteiger partial charge in [-0.05, 0) is 38.7 Å². The van der Waals surface area contributed by atoms with Crippen molar-refractivity contribution in [2.75, 3.05) is 11.4 Å². The minimum Gasteiger partial charge on any atom is -0.352 e. The van der Waals surface area contributed by atoms with E-state index in [1.54, 1.807) is 17.1 Å². The first-order chi connectivity index (χ1) is 11.2. The fraction of sp³-hybridized carbons (Fsp3) is 0.529. The standard InChI is InChI=1S/C17H21N5O/c1-12-9-16(19-11-18-12)21-8-2-3-14(21)10-22-17(23)7-6-15(20-22)13-4-5-13/h6-7,9,11,13-14H,2-5,8,10H2,1H3.